The molecule has 0 radical (unpaired) electrons. The van der Waals surface area contributed by atoms with Crippen LogP contribution < -0.4 is 29.3 Å². The first-order valence-electron chi connectivity index (χ1n) is 11.5. The van der Waals surface area contributed by atoms with Gasteiger partial charge in [0, 0.05) is 19.8 Å². The molecule has 0 saturated heterocycles. The number of nitrogens with zero attached hydrogens (tertiary/aromatic N) is 3. The standard InChI is InChI=1S/C27H29N3O5S/c1-7-35-26(32)23-16(2)28-27-30(24(23)18-9-11-19(12-10-18)29(3)4)25(31)22(36-27)15-17-8-13-20(33-5)21(14-17)34-6/h8-15,24H,7H2,1-6H3. The Kier molecular flexibility index (Phi) is 7.30. The molecule has 9 heteroatoms. The van der Waals surface area contributed by atoms with E-state index in [1.807, 2.05) is 55.4 Å². The number of rotatable bonds is 7. The molecule has 1 unspecified atom stereocenters. The van der Waals surface area contributed by atoms with Crippen molar-refractivity contribution in [3.05, 3.63) is 84.5 Å². The fourth-order valence-corrected chi connectivity index (χ4v) is 5.20. The van der Waals surface area contributed by atoms with Crippen molar-refractivity contribution in [3.8, 4) is 11.5 Å². The highest BCUT2D eigenvalue weighted by Crippen LogP contribution is 2.32. The summed E-state index contributed by atoms with van der Waals surface area (Å²) < 4.78 is 18.2. The fourth-order valence-electron chi connectivity index (χ4n) is 4.16. The number of hydrogen-bond donors (Lipinski definition) is 0. The van der Waals surface area contributed by atoms with Gasteiger partial charge in [0.2, 0.25) is 0 Å². The SMILES string of the molecule is CCOC(=O)C1=C(C)N=c2sc(=Cc3ccc(OC)c(OC)c3)c(=O)n2C1c1ccc(N(C)C)cc1. The number of esters is 1. The molecule has 3 aromatic rings. The molecule has 36 heavy (non-hydrogen) atoms. The molecule has 1 atom stereocenters. The van der Waals surface area contributed by atoms with Gasteiger partial charge in [-0.3, -0.25) is 9.36 Å². The van der Waals surface area contributed by atoms with Gasteiger partial charge in [-0.1, -0.05) is 29.5 Å². The van der Waals surface area contributed by atoms with Gasteiger partial charge in [0.25, 0.3) is 5.56 Å². The minimum Gasteiger partial charge on any atom is -0.493 e. The molecular weight excluding hydrogens is 478 g/mol. The van der Waals surface area contributed by atoms with E-state index in [2.05, 4.69) is 4.99 Å². The lowest BCUT2D eigenvalue weighted by atomic mass is 9.95. The van der Waals surface area contributed by atoms with Crippen LogP contribution in [-0.4, -0.2) is 45.5 Å². The zero-order chi connectivity index (χ0) is 26.0. The van der Waals surface area contributed by atoms with Crippen LogP contribution in [0.15, 0.2) is 63.5 Å². The summed E-state index contributed by atoms with van der Waals surface area (Å²) in [5.41, 5.74) is 3.26. The lowest BCUT2D eigenvalue weighted by Gasteiger charge is -2.25. The second kappa shape index (κ2) is 10.4. The quantitative estimate of drug-likeness (QED) is 0.458. The number of ether oxygens (including phenoxy) is 3. The van der Waals surface area contributed by atoms with Crippen molar-refractivity contribution in [1.82, 2.24) is 4.57 Å². The molecule has 188 valence electrons. The van der Waals surface area contributed by atoms with Crippen LogP contribution in [0.3, 0.4) is 0 Å². The number of aromatic nitrogens is 1. The number of hydrogen-bond acceptors (Lipinski definition) is 8. The van der Waals surface area contributed by atoms with Gasteiger partial charge in [-0.15, -0.1) is 0 Å². The molecule has 2 heterocycles. The number of benzene rings is 2. The molecule has 0 amide bonds. The summed E-state index contributed by atoms with van der Waals surface area (Å²) in [5, 5.41) is 0. The van der Waals surface area contributed by atoms with Crippen molar-refractivity contribution >= 4 is 29.1 Å². The van der Waals surface area contributed by atoms with Crippen molar-refractivity contribution in [1.29, 1.82) is 0 Å². The van der Waals surface area contributed by atoms with Gasteiger partial charge in [-0.2, -0.15) is 0 Å². The smallest absolute Gasteiger partial charge is 0.338 e. The second-order valence-corrected chi connectivity index (χ2v) is 9.41. The Bertz CT molecular complexity index is 1500. The summed E-state index contributed by atoms with van der Waals surface area (Å²) >= 11 is 1.28. The number of methoxy groups -OCH3 is 2. The van der Waals surface area contributed by atoms with E-state index in [-0.39, 0.29) is 12.2 Å². The van der Waals surface area contributed by atoms with Crippen molar-refractivity contribution in [2.45, 2.75) is 19.9 Å². The minimum atomic E-state index is -0.649. The fraction of sp³-hybridized carbons (Fsp3) is 0.296. The van der Waals surface area contributed by atoms with Crippen molar-refractivity contribution in [2.75, 3.05) is 39.8 Å². The molecule has 4 rings (SSSR count). The van der Waals surface area contributed by atoms with Crippen LogP contribution >= 0.6 is 11.3 Å². The third-order valence-electron chi connectivity index (χ3n) is 5.95. The lowest BCUT2D eigenvalue weighted by Crippen LogP contribution is -2.39. The molecule has 0 N–H and O–H groups in total. The summed E-state index contributed by atoms with van der Waals surface area (Å²) in [4.78, 5) is 33.9. The van der Waals surface area contributed by atoms with Crippen LogP contribution in [0.25, 0.3) is 6.08 Å². The van der Waals surface area contributed by atoms with Crippen LogP contribution in [-0.2, 0) is 9.53 Å². The molecule has 0 saturated carbocycles. The Hall–Kier alpha value is -3.85. The van der Waals surface area contributed by atoms with Gasteiger partial charge in [0.05, 0.1) is 42.7 Å². The maximum atomic E-state index is 13.7. The molecule has 0 aliphatic carbocycles. The number of fused-ring (bicyclic) bond motifs is 1. The van der Waals surface area contributed by atoms with Gasteiger partial charge < -0.3 is 19.1 Å². The number of thiazole rings is 1. The van der Waals surface area contributed by atoms with Crippen LogP contribution in [0, 0.1) is 0 Å². The summed E-state index contributed by atoms with van der Waals surface area (Å²) in [6, 6.07) is 12.6. The first-order chi connectivity index (χ1) is 17.3. The zero-order valence-electron chi connectivity index (χ0n) is 21.2. The van der Waals surface area contributed by atoms with E-state index in [0.29, 0.717) is 32.1 Å². The van der Waals surface area contributed by atoms with E-state index < -0.39 is 12.0 Å². The third-order valence-corrected chi connectivity index (χ3v) is 6.93. The van der Waals surface area contributed by atoms with E-state index >= 15 is 0 Å². The number of allylic oxidation sites excluding steroid dienone is 1. The molecular formula is C27H29N3O5S. The Balaban J connectivity index is 1.91. The van der Waals surface area contributed by atoms with Gasteiger partial charge in [0.1, 0.15) is 0 Å². The maximum Gasteiger partial charge on any atom is 0.338 e. The van der Waals surface area contributed by atoms with Crippen LogP contribution in [0.5, 0.6) is 11.5 Å². The normalized spacial score (nSPS) is 15.3. The number of carbonyl (C=O) groups is 1. The highest BCUT2D eigenvalue weighted by molar-refractivity contribution is 7.07. The Morgan fingerprint density at radius 2 is 1.81 bits per heavy atom. The van der Waals surface area contributed by atoms with E-state index in [1.54, 1.807) is 44.8 Å². The predicted octanol–water partition coefficient (Wildman–Crippen LogP) is 2.88. The molecule has 1 aromatic heterocycles. The van der Waals surface area contributed by atoms with E-state index in [0.717, 1.165) is 16.8 Å². The van der Waals surface area contributed by atoms with E-state index in [1.165, 1.54) is 11.3 Å². The van der Waals surface area contributed by atoms with Crippen LogP contribution in [0.2, 0.25) is 0 Å². The molecule has 8 nitrogen and oxygen atoms in total. The highest BCUT2D eigenvalue weighted by Gasteiger charge is 2.33. The van der Waals surface area contributed by atoms with Crippen LogP contribution in [0.1, 0.15) is 31.0 Å². The molecule has 0 spiro atoms. The van der Waals surface area contributed by atoms with Gasteiger partial charge in [-0.05, 0) is 55.3 Å². The topological polar surface area (TPSA) is 82.4 Å². The Morgan fingerprint density at radius 1 is 1.11 bits per heavy atom. The molecule has 2 aromatic carbocycles. The van der Waals surface area contributed by atoms with Gasteiger partial charge >= 0.3 is 5.97 Å². The van der Waals surface area contributed by atoms with Crippen molar-refractivity contribution in [2.24, 2.45) is 4.99 Å². The van der Waals surface area contributed by atoms with Crippen LogP contribution in [0.4, 0.5) is 5.69 Å². The van der Waals surface area contributed by atoms with Gasteiger partial charge in [0.15, 0.2) is 16.3 Å². The predicted molar refractivity (Wildman–Crippen MR) is 141 cm³/mol. The first-order valence-corrected chi connectivity index (χ1v) is 12.3. The van der Waals surface area contributed by atoms with E-state index in [9.17, 15) is 9.59 Å². The minimum absolute atomic E-state index is 0.228. The molecule has 1 aliphatic rings. The molecule has 0 bridgehead atoms. The molecule has 1 aliphatic heterocycles. The van der Waals surface area contributed by atoms with E-state index in [4.69, 9.17) is 14.2 Å². The van der Waals surface area contributed by atoms with Crippen molar-refractivity contribution < 1.29 is 19.0 Å². The van der Waals surface area contributed by atoms with Gasteiger partial charge in [-0.25, -0.2) is 9.79 Å². The third kappa shape index (κ3) is 4.66. The summed E-state index contributed by atoms with van der Waals surface area (Å²) in [6.45, 7) is 3.76. The average Bonchev–Trinajstić information content (AvgIpc) is 3.17. The highest BCUT2D eigenvalue weighted by atomic mass is 32.1. The number of carbonyl (C=O) groups excluding carboxylic acids is 1. The Labute approximate surface area is 213 Å². The van der Waals surface area contributed by atoms with Crippen molar-refractivity contribution in [3.63, 3.8) is 0 Å². The maximum absolute atomic E-state index is 13.7. The number of anilines is 1. The largest absolute Gasteiger partial charge is 0.493 e. The first kappa shape index (κ1) is 25.2. The lowest BCUT2D eigenvalue weighted by molar-refractivity contribution is -0.139. The Morgan fingerprint density at radius 3 is 2.42 bits per heavy atom. The summed E-state index contributed by atoms with van der Waals surface area (Å²) in [7, 11) is 7.06. The second-order valence-electron chi connectivity index (χ2n) is 8.40. The average molecular weight is 508 g/mol. The molecule has 0 fully saturated rings. The summed E-state index contributed by atoms with van der Waals surface area (Å²) in [6.07, 6.45) is 1.79. The summed E-state index contributed by atoms with van der Waals surface area (Å²) in [5.74, 6) is 0.694. The zero-order valence-corrected chi connectivity index (χ0v) is 22.0. The monoisotopic (exact) mass is 507 g/mol.